The Morgan fingerprint density at radius 2 is 2.36 bits per heavy atom. The Bertz CT molecular complexity index is 252. The Kier molecular flexibility index (Phi) is 2.96. The molecule has 0 saturated heterocycles. The molecule has 1 aromatic heterocycles. The zero-order valence-corrected chi connectivity index (χ0v) is 7.65. The summed E-state index contributed by atoms with van der Waals surface area (Å²) in [4.78, 5) is 3.94. The quantitative estimate of drug-likeness (QED) is 0.765. The van der Waals surface area contributed by atoms with Crippen molar-refractivity contribution in [1.29, 1.82) is 0 Å². The summed E-state index contributed by atoms with van der Waals surface area (Å²) in [6, 6.07) is 2.97. The summed E-state index contributed by atoms with van der Waals surface area (Å²) in [6.45, 7) is 0.450. The molecule has 2 nitrogen and oxygen atoms in total. The molecular formula is C7H8BrFN2. The van der Waals surface area contributed by atoms with E-state index in [1.165, 1.54) is 6.07 Å². The van der Waals surface area contributed by atoms with Crippen molar-refractivity contribution < 1.29 is 4.39 Å². The minimum atomic E-state index is -0.275. The Morgan fingerprint density at radius 3 is 3.00 bits per heavy atom. The first kappa shape index (κ1) is 8.62. The van der Waals surface area contributed by atoms with Gasteiger partial charge in [-0.2, -0.15) is 0 Å². The fourth-order valence-corrected chi connectivity index (χ4v) is 1.10. The highest BCUT2D eigenvalue weighted by Crippen LogP contribution is 2.10. The van der Waals surface area contributed by atoms with Crippen molar-refractivity contribution in [2.75, 3.05) is 7.05 Å². The monoisotopic (exact) mass is 218 g/mol. The van der Waals surface area contributed by atoms with Crippen LogP contribution >= 0.6 is 15.9 Å². The molecule has 0 aliphatic rings. The number of rotatable bonds is 2. The number of aromatic nitrogens is 1. The molecule has 0 fully saturated rings. The number of nitrogens with one attached hydrogen (secondary N) is 1. The molecule has 0 amide bonds. The van der Waals surface area contributed by atoms with Crippen LogP contribution in [0.5, 0.6) is 0 Å². The lowest BCUT2D eigenvalue weighted by molar-refractivity contribution is 0.587. The second kappa shape index (κ2) is 3.78. The molecule has 1 heterocycles. The van der Waals surface area contributed by atoms with Gasteiger partial charge in [0.2, 0.25) is 0 Å². The normalized spacial score (nSPS) is 10.1. The molecule has 0 aromatic carbocycles. The molecular weight excluding hydrogens is 211 g/mol. The second-order valence-corrected chi connectivity index (χ2v) is 2.91. The van der Waals surface area contributed by atoms with E-state index in [4.69, 9.17) is 0 Å². The van der Waals surface area contributed by atoms with Crippen LogP contribution in [0.2, 0.25) is 0 Å². The van der Waals surface area contributed by atoms with Crippen LogP contribution in [0.4, 0.5) is 4.39 Å². The van der Waals surface area contributed by atoms with Gasteiger partial charge in [0.25, 0.3) is 0 Å². The van der Waals surface area contributed by atoms with Gasteiger partial charge in [0.1, 0.15) is 10.4 Å². The minimum Gasteiger partial charge on any atom is -0.314 e. The zero-order chi connectivity index (χ0) is 8.27. The van der Waals surface area contributed by atoms with E-state index >= 15 is 0 Å². The minimum absolute atomic E-state index is 0.275. The highest BCUT2D eigenvalue weighted by molar-refractivity contribution is 9.10. The van der Waals surface area contributed by atoms with Crippen LogP contribution in [0.1, 0.15) is 5.69 Å². The van der Waals surface area contributed by atoms with Crippen LogP contribution in [-0.4, -0.2) is 12.0 Å². The molecule has 0 aliphatic carbocycles. The van der Waals surface area contributed by atoms with Crippen molar-refractivity contribution in [3.05, 3.63) is 28.2 Å². The van der Waals surface area contributed by atoms with Gasteiger partial charge in [0.05, 0.1) is 5.69 Å². The zero-order valence-electron chi connectivity index (χ0n) is 6.06. The maximum Gasteiger partial charge on any atom is 0.146 e. The molecule has 60 valence electrons. The lowest BCUT2D eigenvalue weighted by Gasteiger charge is -2.00. The molecule has 0 atom stereocenters. The Balaban J connectivity index is 2.93. The summed E-state index contributed by atoms with van der Waals surface area (Å²) in [5.74, 6) is -0.275. The van der Waals surface area contributed by atoms with Crippen molar-refractivity contribution in [3.63, 3.8) is 0 Å². The Labute approximate surface area is 73.0 Å². The standard InChI is InChI=1S/C7H8BrFN2/c1-10-4-6-5(9)2-3-7(8)11-6/h2-3,10H,4H2,1H3. The maximum absolute atomic E-state index is 12.8. The molecule has 0 saturated carbocycles. The first-order chi connectivity index (χ1) is 5.24. The third-order valence-corrected chi connectivity index (χ3v) is 1.67. The van der Waals surface area contributed by atoms with Gasteiger partial charge in [0.15, 0.2) is 0 Å². The Morgan fingerprint density at radius 1 is 1.64 bits per heavy atom. The summed E-state index contributed by atoms with van der Waals surface area (Å²) >= 11 is 3.16. The highest BCUT2D eigenvalue weighted by Gasteiger charge is 2.01. The van der Waals surface area contributed by atoms with Crippen LogP contribution in [0.3, 0.4) is 0 Å². The van der Waals surface area contributed by atoms with E-state index < -0.39 is 0 Å². The third kappa shape index (κ3) is 2.24. The van der Waals surface area contributed by atoms with Gasteiger partial charge >= 0.3 is 0 Å². The average molecular weight is 219 g/mol. The fraction of sp³-hybridized carbons (Fsp3) is 0.286. The largest absolute Gasteiger partial charge is 0.314 e. The van der Waals surface area contributed by atoms with Gasteiger partial charge in [-0.25, -0.2) is 9.37 Å². The first-order valence-electron chi connectivity index (χ1n) is 3.19. The molecule has 0 unspecified atom stereocenters. The highest BCUT2D eigenvalue weighted by atomic mass is 79.9. The summed E-state index contributed by atoms with van der Waals surface area (Å²) in [5.41, 5.74) is 0.432. The van der Waals surface area contributed by atoms with E-state index in [1.807, 2.05) is 0 Å². The van der Waals surface area contributed by atoms with Crippen molar-refractivity contribution in [2.24, 2.45) is 0 Å². The predicted molar refractivity (Wildman–Crippen MR) is 44.7 cm³/mol. The van der Waals surface area contributed by atoms with Crippen LogP contribution < -0.4 is 5.32 Å². The lowest BCUT2D eigenvalue weighted by Crippen LogP contribution is -2.08. The molecule has 0 aliphatic heterocycles. The summed E-state index contributed by atoms with van der Waals surface area (Å²) in [7, 11) is 1.75. The molecule has 1 aromatic rings. The summed E-state index contributed by atoms with van der Waals surface area (Å²) in [5, 5.41) is 2.83. The number of pyridine rings is 1. The molecule has 11 heavy (non-hydrogen) atoms. The van der Waals surface area contributed by atoms with Gasteiger partial charge in [-0.15, -0.1) is 0 Å². The number of nitrogens with zero attached hydrogens (tertiary/aromatic N) is 1. The van der Waals surface area contributed by atoms with Crippen molar-refractivity contribution in [3.8, 4) is 0 Å². The fourth-order valence-electron chi connectivity index (χ4n) is 0.749. The number of halogens is 2. The van der Waals surface area contributed by atoms with Crippen LogP contribution in [-0.2, 0) is 6.54 Å². The van der Waals surface area contributed by atoms with E-state index in [1.54, 1.807) is 13.1 Å². The lowest BCUT2D eigenvalue weighted by atomic mass is 10.3. The van der Waals surface area contributed by atoms with Crippen LogP contribution in [0.25, 0.3) is 0 Å². The molecule has 1 N–H and O–H groups in total. The molecule has 0 spiro atoms. The smallest absolute Gasteiger partial charge is 0.146 e. The van der Waals surface area contributed by atoms with Gasteiger partial charge in [-0.05, 0) is 35.1 Å². The number of hydrogen-bond acceptors (Lipinski definition) is 2. The van der Waals surface area contributed by atoms with Crippen molar-refractivity contribution in [2.45, 2.75) is 6.54 Å². The van der Waals surface area contributed by atoms with Gasteiger partial charge in [-0.1, -0.05) is 0 Å². The molecule has 4 heteroatoms. The molecule has 1 rings (SSSR count). The first-order valence-corrected chi connectivity index (χ1v) is 3.99. The maximum atomic E-state index is 12.8. The summed E-state index contributed by atoms with van der Waals surface area (Å²) in [6.07, 6.45) is 0. The van der Waals surface area contributed by atoms with Gasteiger partial charge in [0, 0.05) is 6.54 Å². The van der Waals surface area contributed by atoms with Crippen LogP contribution in [0.15, 0.2) is 16.7 Å². The average Bonchev–Trinajstić information content (AvgIpc) is 1.98. The predicted octanol–water partition coefficient (Wildman–Crippen LogP) is 1.70. The summed E-state index contributed by atoms with van der Waals surface area (Å²) < 4.78 is 13.5. The second-order valence-electron chi connectivity index (χ2n) is 2.09. The SMILES string of the molecule is CNCc1nc(Br)ccc1F. The van der Waals surface area contributed by atoms with E-state index in [2.05, 4.69) is 26.2 Å². The van der Waals surface area contributed by atoms with Crippen molar-refractivity contribution in [1.82, 2.24) is 10.3 Å². The van der Waals surface area contributed by atoms with E-state index in [0.29, 0.717) is 16.8 Å². The van der Waals surface area contributed by atoms with E-state index in [9.17, 15) is 4.39 Å². The van der Waals surface area contributed by atoms with Gasteiger partial charge in [-0.3, -0.25) is 0 Å². The van der Waals surface area contributed by atoms with Crippen LogP contribution in [0, 0.1) is 5.82 Å². The van der Waals surface area contributed by atoms with E-state index in [0.717, 1.165) is 0 Å². The number of hydrogen-bond donors (Lipinski definition) is 1. The molecule has 0 bridgehead atoms. The van der Waals surface area contributed by atoms with Gasteiger partial charge < -0.3 is 5.32 Å². The van der Waals surface area contributed by atoms with Crippen molar-refractivity contribution >= 4 is 15.9 Å². The molecule has 0 radical (unpaired) electrons. The third-order valence-electron chi connectivity index (χ3n) is 1.23. The Hall–Kier alpha value is -0.480. The topological polar surface area (TPSA) is 24.9 Å². The van der Waals surface area contributed by atoms with E-state index in [-0.39, 0.29) is 5.82 Å².